The molecular formula is C15H19ClN2OS. The van der Waals surface area contributed by atoms with E-state index in [0.29, 0.717) is 11.9 Å². The summed E-state index contributed by atoms with van der Waals surface area (Å²) in [6.45, 7) is 2.19. The van der Waals surface area contributed by atoms with Crippen molar-refractivity contribution in [1.29, 1.82) is 0 Å². The lowest BCUT2D eigenvalue weighted by molar-refractivity contribution is 0.408. The number of thiazole rings is 1. The Morgan fingerprint density at radius 1 is 1.40 bits per heavy atom. The van der Waals surface area contributed by atoms with Crippen molar-refractivity contribution in [3.05, 3.63) is 40.9 Å². The minimum atomic E-state index is 0.334. The van der Waals surface area contributed by atoms with Crippen LogP contribution < -0.4 is 9.64 Å². The smallest absolute Gasteiger partial charge is 0.185 e. The highest BCUT2D eigenvalue weighted by Gasteiger charge is 2.15. The third-order valence-electron chi connectivity index (χ3n) is 3.35. The van der Waals surface area contributed by atoms with Gasteiger partial charge >= 0.3 is 0 Å². The van der Waals surface area contributed by atoms with Crippen LogP contribution in [0.1, 0.15) is 18.2 Å². The Labute approximate surface area is 129 Å². The van der Waals surface area contributed by atoms with Crippen LogP contribution in [0.5, 0.6) is 5.75 Å². The highest BCUT2D eigenvalue weighted by molar-refractivity contribution is 7.13. The lowest BCUT2D eigenvalue weighted by Gasteiger charge is -2.25. The van der Waals surface area contributed by atoms with E-state index >= 15 is 0 Å². The number of nitrogens with zero attached hydrogens (tertiary/aromatic N) is 2. The average molecular weight is 311 g/mol. The van der Waals surface area contributed by atoms with Gasteiger partial charge in [0, 0.05) is 18.5 Å². The molecule has 0 saturated heterocycles. The van der Waals surface area contributed by atoms with Crippen LogP contribution in [0.15, 0.2) is 29.6 Å². The number of para-hydroxylation sites is 1. The Kier molecular flexibility index (Phi) is 5.26. The second-order valence-corrected chi connectivity index (χ2v) is 5.83. The summed E-state index contributed by atoms with van der Waals surface area (Å²) in [7, 11) is 3.78. The zero-order valence-electron chi connectivity index (χ0n) is 12.0. The molecule has 2 rings (SSSR count). The van der Waals surface area contributed by atoms with Gasteiger partial charge in [-0.15, -0.1) is 22.9 Å². The molecule has 0 aliphatic rings. The SMILES string of the molecule is COc1ccccc1CC(C)N(C)c1nc(CCl)cs1. The number of hydrogen-bond acceptors (Lipinski definition) is 4. The molecule has 1 unspecified atom stereocenters. The van der Waals surface area contributed by atoms with E-state index in [9.17, 15) is 0 Å². The van der Waals surface area contributed by atoms with Gasteiger partial charge in [0.2, 0.25) is 0 Å². The van der Waals surface area contributed by atoms with E-state index in [0.717, 1.165) is 23.0 Å². The molecule has 0 bridgehead atoms. The first kappa shape index (κ1) is 15.1. The second-order valence-electron chi connectivity index (χ2n) is 4.73. The van der Waals surface area contributed by atoms with E-state index in [-0.39, 0.29) is 0 Å². The fourth-order valence-electron chi connectivity index (χ4n) is 2.03. The van der Waals surface area contributed by atoms with Gasteiger partial charge in [-0.05, 0) is 25.0 Å². The van der Waals surface area contributed by atoms with Crippen molar-refractivity contribution in [2.24, 2.45) is 0 Å². The molecule has 0 amide bonds. The second kappa shape index (κ2) is 6.95. The summed E-state index contributed by atoms with van der Waals surface area (Å²) >= 11 is 7.43. The Morgan fingerprint density at radius 3 is 2.80 bits per heavy atom. The largest absolute Gasteiger partial charge is 0.496 e. The molecule has 1 aromatic carbocycles. The van der Waals surface area contributed by atoms with Crippen LogP contribution in [0.3, 0.4) is 0 Å². The van der Waals surface area contributed by atoms with Gasteiger partial charge in [0.15, 0.2) is 5.13 Å². The van der Waals surface area contributed by atoms with Gasteiger partial charge in [-0.25, -0.2) is 4.98 Å². The minimum absolute atomic E-state index is 0.334. The maximum atomic E-state index is 5.80. The van der Waals surface area contributed by atoms with Gasteiger partial charge in [-0.3, -0.25) is 0 Å². The summed E-state index contributed by atoms with van der Waals surface area (Å²) in [5.74, 6) is 1.40. The van der Waals surface area contributed by atoms with Crippen molar-refractivity contribution < 1.29 is 4.74 Å². The maximum absolute atomic E-state index is 5.80. The van der Waals surface area contributed by atoms with Gasteiger partial charge in [0.25, 0.3) is 0 Å². The number of likely N-dealkylation sites (N-methyl/N-ethyl adjacent to an activating group) is 1. The number of ether oxygens (including phenoxy) is 1. The summed E-state index contributed by atoms with van der Waals surface area (Å²) in [5.41, 5.74) is 2.14. The molecule has 0 spiro atoms. The highest BCUT2D eigenvalue weighted by atomic mass is 35.5. The first-order valence-electron chi connectivity index (χ1n) is 6.50. The summed E-state index contributed by atoms with van der Waals surface area (Å²) in [6, 6.07) is 8.47. The van der Waals surface area contributed by atoms with E-state index in [1.54, 1.807) is 18.4 Å². The third-order valence-corrected chi connectivity index (χ3v) is 4.60. The van der Waals surface area contributed by atoms with E-state index in [2.05, 4.69) is 29.9 Å². The molecule has 0 aliphatic carbocycles. The molecular weight excluding hydrogens is 292 g/mol. The van der Waals surface area contributed by atoms with Crippen LogP contribution in [-0.4, -0.2) is 25.2 Å². The van der Waals surface area contributed by atoms with E-state index in [1.807, 2.05) is 23.6 Å². The number of halogens is 1. The fraction of sp³-hybridized carbons (Fsp3) is 0.400. The lowest BCUT2D eigenvalue weighted by Crippen LogP contribution is -2.30. The number of anilines is 1. The zero-order chi connectivity index (χ0) is 14.5. The zero-order valence-corrected chi connectivity index (χ0v) is 13.5. The number of benzene rings is 1. The summed E-state index contributed by atoms with van der Waals surface area (Å²) in [6.07, 6.45) is 0.913. The first-order valence-corrected chi connectivity index (χ1v) is 7.92. The molecule has 3 nitrogen and oxygen atoms in total. The van der Waals surface area contributed by atoms with Crippen molar-refractivity contribution in [2.45, 2.75) is 25.3 Å². The van der Waals surface area contributed by atoms with Gasteiger partial charge in [-0.1, -0.05) is 18.2 Å². The molecule has 2 aromatic rings. The van der Waals surface area contributed by atoms with Crippen LogP contribution in [-0.2, 0) is 12.3 Å². The standard InChI is InChI=1S/C15H19ClN2OS/c1-11(8-12-6-4-5-7-14(12)19-3)18(2)15-17-13(9-16)10-20-15/h4-7,10-11H,8-9H2,1-3H3. The Balaban J connectivity index is 2.09. The number of rotatable bonds is 6. The third kappa shape index (κ3) is 3.44. The summed E-state index contributed by atoms with van der Waals surface area (Å²) < 4.78 is 5.40. The summed E-state index contributed by atoms with van der Waals surface area (Å²) in [5, 5.41) is 3.01. The number of methoxy groups -OCH3 is 1. The molecule has 0 N–H and O–H groups in total. The fourth-order valence-corrected chi connectivity index (χ4v) is 3.16. The van der Waals surface area contributed by atoms with E-state index in [1.165, 1.54) is 5.56 Å². The van der Waals surface area contributed by atoms with Crippen LogP contribution in [0.2, 0.25) is 0 Å². The van der Waals surface area contributed by atoms with Gasteiger partial charge in [0.1, 0.15) is 5.75 Å². The molecule has 5 heteroatoms. The van der Waals surface area contributed by atoms with Crippen molar-refractivity contribution in [1.82, 2.24) is 4.98 Å². The molecule has 0 radical (unpaired) electrons. The number of alkyl halides is 1. The van der Waals surface area contributed by atoms with Crippen molar-refractivity contribution in [2.75, 3.05) is 19.1 Å². The molecule has 108 valence electrons. The Bertz CT molecular complexity index is 558. The lowest BCUT2D eigenvalue weighted by atomic mass is 10.1. The average Bonchev–Trinajstić information content (AvgIpc) is 2.95. The van der Waals surface area contributed by atoms with Gasteiger partial charge in [0.05, 0.1) is 18.7 Å². The highest BCUT2D eigenvalue weighted by Crippen LogP contribution is 2.25. The van der Waals surface area contributed by atoms with Crippen LogP contribution >= 0.6 is 22.9 Å². The monoisotopic (exact) mass is 310 g/mol. The number of aromatic nitrogens is 1. The molecule has 0 aliphatic heterocycles. The van der Waals surface area contributed by atoms with Gasteiger partial charge in [-0.2, -0.15) is 0 Å². The molecule has 0 fully saturated rings. The van der Waals surface area contributed by atoms with Crippen LogP contribution in [0, 0.1) is 0 Å². The number of hydrogen-bond donors (Lipinski definition) is 0. The molecule has 0 saturated carbocycles. The van der Waals surface area contributed by atoms with Crippen LogP contribution in [0.4, 0.5) is 5.13 Å². The Morgan fingerprint density at radius 2 is 2.15 bits per heavy atom. The van der Waals surface area contributed by atoms with Gasteiger partial charge < -0.3 is 9.64 Å². The molecule has 1 heterocycles. The molecule has 20 heavy (non-hydrogen) atoms. The quantitative estimate of drug-likeness (QED) is 0.755. The molecule has 1 atom stereocenters. The predicted octanol–water partition coefficient (Wildman–Crippen LogP) is 3.96. The normalized spacial score (nSPS) is 12.2. The topological polar surface area (TPSA) is 25.4 Å². The predicted molar refractivity (Wildman–Crippen MR) is 86.2 cm³/mol. The summed E-state index contributed by atoms with van der Waals surface area (Å²) in [4.78, 5) is 6.70. The molecule has 1 aromatic heterocycles. The minimum Gasteiger partial charge on any atom is -0.496 e. The maximum Gasteiger partial charge on any atom is 0.185 e. The van der Waals surface area contributed by atoms with E-state index < -0.39 is 0 Å². The van der Waals surface area contributed by atoms with Crippen molar-refractivity contribution in [3.63, 3.8) is 0 Å². The van der Waals surface area contributed by atoms with Crippen molar-refractivity contribution in [3.8, 4) is 5.75 Å². The van der Waals surface area contributed by atoms with Crippen molar-refractivity contribution >= 4 is 28.1 Å². The Hall–Kier alpha value is -1.26. The van der Waals surface area contributed by atoms with E-state index in [4.69, 9.17) is 16.3 Å². The first-order chi connectivity index (χ1) is 9.65. The van der Waals surface area contributed by atoms with Crippen LogP contribution in [0.25, 0.3) is 0 Å².